The summed E-state index contributed by atoms with van der Waals surface area (Å²) in [5, 5.41) is 3.27. The van der Waals surface area contributed by atoms with Crippen LogP contribution in [-0.4, -0.2) is 31.6 Å². The van der Waals surface area contributed by atoms with E-state index in [1.54, 1.807) is 0 Å². The van der Waals surface area contributed by atoms with Gasteiger partial charge in [-0.25, -0.2) is 0 Å². The fraction of sp³-hybridized carbons (Fsp3) is 0.765. The summed E-state index contributed by atoms with van der Waals surface area (Å²) in [6.07, 6.45) is 4.09. The molecule has 20 heavy (non-hydrogen) atoms. The van der Waals surface area contributed by atoms with Gasteiger partial charge in [0.25, 0.3) is 0 Å². The molecule has 2 rings (SSSR count). The first-order valence-corrected chi connectivity index (χ1v) is 8.77. The zero-order chi connectivity index (χ0) is 14.6. The second kappa shape index (κ2) is 7.06. The van der Waals surface area contributed by atoms with Gasteiger partial charge in [0.2, 0.25) is 0 Å². The molecule has 1 aromatic heterocycles. The molecule has 0 atom stereocenters. The van der Waals surface area contributed by atoms with Gasteiger partial charge in [-0.15, -0.1) is 11.3 Å². The summed E-state index contributed by atoms with van der Waals surface area (Å²) in [4.78, 5) is 5.67. The Labute approximate surface area is 128 Å². The van der Waals surface area contributed by atoms with Crippen LogP contribution in [0.1, 0.15) is 49.8 Å². The Hall–Kier alpha value is -0.380. The Bertz CT molecular complexity index is 397. The quantitative estimate of drug-likeness (QED) is 0.887. The summed E-state index contributed by atoms with van der Waals surface area (Å²) in [5.74, 6) is 0.937. The summed E-state index contributed by atoms with van der Waals surface area (Å²) >= 11 is 2.00. The van der Waals surface area contributed by atoms with Gasteiger partial charge in [-0.3, -0.25) is 4.90 Å². The average molecular weight is 295 g/mol. The normalized spacial score (nSPS) is 18.6. The highest BCUT2D eigenvalue weighted by atomic mass is 32.1. The number of hydrogen-bond donors (Lipinski definition) is 1. The summed E-state index contributed by atoms with van der Waals surface area (Å²) in [7, 11) is 2.05. The number of thiophene rings is 1. The van der Waals surface area contributed by atoms with Crippen LogP contribution in [0.15, 0.2) is 12.1 Å². The van der Waals surface area contributed by atoms with Crippen LogP contribution in [0.25, 0.3) is 0 Å². The molecule has 2 heterocycles. The Morgan fingerprint density at radius 2 is 1.95 bits per heavy atom. The third-order valence-corrected chi connectivity index (χ3v) is 5.79. The van der Waals surface area contributed by atoms with E-state index in [4.69, 9.17) is 0 Å². The number of rotatable bonds is 5. The van der Waals surface area contributed by atoms with Gasteiger partial charge in [0, 0.05) is 16.3 Å². The lowest BCUT2D eigenvalue weighted by Crippen LogP contribution is -2.33. The predicted octanol–water partition coefficient (Wildman–Crippen LogP) is 3.87. The van der Waals surface area contributed by atoms with Gasteiger partial charge >= 0.3 is 0 Å². The van der Waals surface area contributed by atoms with Crippen LogP contribution in [0.2, 0.25) is 0 Å². The van der Waals surface area contributed by atoms with E-state index in [9.17, 15) is 0 Å². The molecular formula is C17H30N2S. The number of hydrogen-bond acceptors (Lipinski definition) is 3. The van der Waals surface area contributed by atoms with Crippen molar-refractivity contribution >= 4 is 11.3 Å². The highest BCUT2D eigenvalue weighted by Crippen LogP contribution is 2.31. The first-order valence-electron chi connectivity index (χ1n) is 7.95. The van der Waals surface area contributed by atoms with Crippen LogP contribution in [0.4, 0.5) is 0 Å². The van der Waals surface area contributed by atoms with Crippen molar-refractivity contribution in [1.82, 2.24) is 10.2 Å². The van der Waals surface area contributed by atoms with E-state index in [1.165, 1.54) is 48.7 Å². The van der Waals surface area contributed by atoms with Crippen LogP contribution < -0.4 is 5.32 Å². The maximum absolute atomic E-state index is 3.27. The molecule has 1 aliphatic heterocycles. The third kappa shape index (κ3) is 4.57. The number of nitrogens with one attached hydrogen (secondary N) is 1. The minimum absolute atomic E-state index is 0.295. The summed E-state index contributed by atoms with van der Waals surface area (Å²) in [6, 6.07) is 4.65. The molecular weight excluding hydrogens is 264 g/mol. The van der Waals surface area contributed by atoms with Crippen molar-refractivity contribution in [3.63, 3.8) is 0 Å². The molecule has 2 nitrogen and oxygen atoms in total. The zero-order valence-corrected chi connectivity index (χ0v) is 14.4. The van der Waals surface area contributed by atoms with Crippen molar-refractivity contribution in [1.29, 1.82) is 0 Å². The lowest BCUT2D eigenvalue weighted by atomic mass is 9.93. The van der Waals surface area contributed by atoms with E-state index in [1.807, 2.05) is 11.3 Å². The third-order valence-electron chi connectivity index (χ3n) is 4.29. The Morgan fingerprint density at radius 1 is 1.25 bits per heavy atom. The zero-order valence-electron chi connectivity index (χ0n) is 13.5. The molecule has 0 amide bonds. The van der Waals surface area contributed by atoms with Gasteiger partial charge in [-0.2, -0.15) is 0 Å². The van der Waals surface area contributed by atoms with E-state index in [2.05, 4.69) is 50.2 Å². The summed E-state index contributed by atoms with van der Waals surface area (Å²) in [6.45, 7) is 11.8. The summed E-state index contributed by atoms with van der Waals surface area (Å²) in [5.41, 5.74) is 0.295. The first-order chi connectivity index (χ1) is 9.49. The molecule has 0 bridgehead atoms. The van der Waals surface area contributed by atoms with Crippen molar-refractivity contribution in [3.05, 3.63) is 21.9 Å². The van der Waals surface area contributed by atoms with Crippen LogP contribution >= 0.6 is 11.3 Å². The number of likely N-dealkylation sites (tertiary alicyclic amines) is 1. The topological polar surface area (TPSA) is 15.3 Å². The van der Waals surface area contributed by atoms with Crippen molar-refractivity contribution in [3.8, 4) is 0 Å². The highest BCUT2D eigenvalue weighted by molar-refractivity contribution is 7.12. The number of nitrogens with zero attached hydrogens (tertiary/aromatic N) is 1. The number of piperidine rings is 1. The second-order valence-corrected chi connectivity index (χ2v) is 8.30. The van der Waals surface area contributed by atoms with Crippen LogP contribution in [0.5, 0.6) is 0 Å². The largest absolute Gasteiger partial charge is 0.320 e. The molecule has 1 aromatic rings. The van der Waals surface area contributed by atoms with E-state index in [0.717, 1.165) is 12.5 Å². The maximum Gasteiger partial charge on any atom is 0.0328 e. The average Bonchev–Trinajstić information content (AvgIpc) is 2.86. The lowest BCUT2D eigenvalue weighted by Gasteiger charge is -2.31. The van der Waals surface area contributed by atoms with Gasteiger partial charge < -0.3 is 5.32 Å². The second-order valence-electron chi connectivity index (χ2n) is 7.13. The monoisotopic (exact) mass is 294 g/mol. The molecule has 0 aromatic carbocycles. The molecule has 114 valence electrons. The fourth-order valence-corrected chi connectivity index (χ4v) is 3.98. The first kappa shape index (κ1) is 16.0. The minimum Gasteiger partial charge on any atom is -0.320 e. The van der Waals surface area contributed by atoms with Crippen molar-refractivity contribution in [2.45, 2.75) is 52.0 Å². The fourth-order valence-electron chi connectivity index (χ4n) is 2.87. The van der Waals surface area contributed by atoms with Crippen molar-refractivity contribution in [2.24, 2.45) is 5.92 Å². The highest BCUT2D eigenvalue weighted by Gasteiger charge is 2.20. The minimum atomic E-state index is 0.295. The smallest absolute Gasteiger partial charge is 0.0328 e. The molecule has 0 saturated carbocycles. The SMILES string of the molecule is CNCCC1CCN(Cc2ccc(C(C)(C)C)s2)CC1. The molecule has 3 heteroatoms. The molecule has 0 unspecified atom stereocenters. The molecule has 0 aliphatic carbocycles. The predicted molar refractivity (Wildman–Crippen MR) is 89.6 cm³/mol. The molecule has 0 spiro atoms. The van der Waals surface area contributed by atoms with Crippen molar-refractivity contribution < 1.29 is 0 Å². The standard InChI is InChI=1S/C17H30N2S/c1-17(2,3)16-6-5-15(20-16)13-19-11-8-14(9-12-19)7-10-18-4/h5-6,14,18H,7-13H2,1-4H3. The Morgan fingerprint density at radius 3 is 2.50 bits per heavy atom. The molecule has 1 aliphatic rings. The lowest BCUT2D eigenvalue weighted by molar-refractivity contribution is 0.173. The van der Waals surface area contributed by atoms with Crippen LogP contribution in [0, 0.1) is 5.92 Å². The molecule has 1 N–H and O–H groups in total. The van der Waals surface area contributed by atoms with E-state index >= 15 is 0 Å². The van der Waals surface area contributed by atoms with Crippen LogP contribution in [0.3, 0.4) is 0 Å². The van der Waals surface area contributed by atoms with E-state index in [0.29, 0.717) is 5.41 Å². The Balaban J connectivity index is 1.79. The maximum atomic E-state index is 3.27. The van der Waals surface area contributed by atoms with Crippen molar-refractivity contribution in [2.75, 3.05) is 26.7 Å². The van der Waals surface area contributed by atoms with Gasteiger partial charge in [0.15, 0.2) is 0 Å². The van der Waals surface area contributed by atoms with Gasteiger partial charge in [0.05, 0.1) is 0 Å². The van der Waals surface area contributed by atoms with Gasteiger partial charge in [0.1, 0.15) is 0 Å². The summed E-state index contributed by atoms with van der Waals surface area (Å²) < 4.78 is 0. The van der Waals surface area contributed by atoms with Crippen LogP contribution in [-0.2, 0) is 12.0 Å². The van der Waals surface area contributed by atoms with Gasteiger partial charge in [-0.1, -0.05) is 20.8 Å². The van der Waals surface area contributed by atoms with Gasteiger partial charge in [-0.05, 0) is 69.4 Å². The Kier molecular flexibility index (Phi) is 5.65. The van der Waals surface area contributed by atoms with E-state index in [-0.39, 0.29) is 0 Å². The molecule has 1 fully saturated rings. The molecule has 1 saturated heterocycles. The molecule has 0 radical (unpaired) electrons. The van der Waals surface area contributed by atoms with E-state index < -0.39 is 0 Å².